The van der Waals surface area contributed by atoms with Crippen LogP contribution in [0.1, 0.15) is 32.6 Å². The van der Waals surface area contributed by atoms with E-state index in [-0.39, 0.29) is 5.92 Å². The molecule has 0 bridgehead atoms. The average molecular weight is 200 g/mol. The van der Waals surface area contributed by atoms with E-state index in [4.69, 9.17) is 0 Å². The van der Waals surface area contributed by atoms with Crippen LogP contribution in [0.5, 0.6) is 0 Å². The summed E-state index contributed by atoms with van der Waals surface area (Å²) in [5.74, 6) is 0.619. The lowest BCUT2D eigenvalue weighted by atomic mass is 9.94. The van der Waals surface area contributed by atoms with Crippen molar-refractivity contribution in [2.24, 2.45) is 5.92 Å². The number of hydrogen-bond acceptors (Lipinski definition) is 3. The van der Waals surface area contributed by atoms with Crippen molar-refractivity contribution >= 4 is 5.78 Å². The molecule has 0 aromatic rings. The lowest BCUT2D eigenvalue weighted by Crippen LogP contribution is -2.17. The van der Waals surface area contributed by atoms with Gasteiger partial charge in [-0.25, -0.2) is 0 Å². The summed E-state index contributed by atoms with van der Waals surface area (Å²) in [7, 11) is 3.90. The summed E-state index contributed by atoms with van der Waals surface area (Å²) in [6, 6.07) is 0. The SMILES string of the molecule is CNCCCC(CCCNC)C(C)=O. The predicted molar refractivity (Wildman–Crippen MR) is 60.5 cm³/mol. The molecule has 0 aliphatic rings. The number of rotatable bonds is 9. The van der Waals surface area contributed by atoms with Gasteiger partial charge in [0.2, 0.25) is 0 Å². The van der Waals surface area contributed by atoms with Crippen molar-refractivity contribution in [2.75, 3.05) is 27.2 Å². The van der Waals surface area contributed by atoms with Gasteiger partial charge in [0.1, 0.15) is 5.78 Å². The van der Waals surface area contributed by atoms with Crippen LogP contribution in [0.4, 0.5) is 0 Å². The molecule has 0 rings (SSSR count). The number of carbonyl (C=O) groups is 1. The highest BCUT2D eigenvalue weighted by molar-refractivity contribution is 5.78. The van der Waals surface area contributed by atoms with Gasteiger partial charge in [0.05, 0.1) is 0 Å². The van der Waals surface area contributed by atoms with Crippen LogP contribution < -0.4 is 10.6 Å². The molecule has 0 spiro atoms. The molecule has 0 saturated carbocycles. The maximum absolute atomic E-state index is 11.3. The van der Waals surface area contributed by atoms with Crippen molar-refractivity contribution in [3.8, 4) is 0 Å². The molecule has 0 aromatic carbocycles. The highest BCUT2D eigenvalue weighted by Crippen LogP contribution is 2.14. The van der Waals surface area contributed by atoms with Gasteiger partial charge in [-0.15, -0.1) is 0 Å². The first-order valence-corrected chi connectivity index (χ1v) is 5.52. The third-order valence-electron chi connectivity index (χ3n) is 2.53. The first kappa shape index (κ1) is 13.6. The molecular weight excluding hydrogens is 176 g/mol. The first-order chi connectivity index (χ1) is 6.72. The molecule has 0 aliphatic carbocycles. The lowest BCUT2D eigenvalue weighted by molar-refractivity contribution is -0.121. The summed E-state index contributed by atoms with van der Waals surface area (Å²) in [6.07, 6.45) is 4.25. The minimum absolute atomic E-state index is 0.275. The third kappa shape index (κ3) is 7.04. The minimum atomic E-state index is 0.275. The molecule has 0 saturated heterocycles. The van der Waals surface area contributed by atoms with Crippen molar-refractivity contribution in [1.82, 2.24) is 10.6 Å². The topological polar surface area (TPSA) is 41.1 Å². The Balaban J connectivity index is 3.61. The number of nitrogens with one attached hydrogen (secondary N) is 2. The number of hydrogen-bond donors (Lipinski definition) is 2. The van der Waals surface area contributed by atoms with E-state index in [9.17, 15) is 4.79 Å². The second-order valence-electron chi connectivity index (χ2n) is 3.80. The van der Waals surface area contributed by atoms with E-state index in [0.29, 0.717) is 5.78 Å². The molecule has 3 heteroatoms. The Morgan fingerprint density at radius 1 is 1.07 bits per heavy atom. The Morgan fingerprint density at radius 2 is 1.50 bits per heavy atom. The molecule has 0 unspecified atom stereocenters. The molecule has 0 aliphatic heterocycles. The zero-order chi connectivity index (χ0) is 10.8. The normalized spacial score (nSPS) is 10.9. The van der Waals surface area contributed by atoms with E-state index in [2.05, 4.69) is 10.6 Å². The summed E-state index contributed by atoms with van der Waals surface area (Å²) >= 11 is 0. The summed E-state index contributed by atoms with van der Waals surface area (Å²) in [5.41, 5.74) is 0. The molecule has 3 nitrogen and oxygen atoms in total. The van der Waals surface area contributed by atoms with Gasteiger partial charge < -0.3 is 10.6 Å². The van der Waals surface area contributed by atoms with Crippen molar-refractivity contribution in [1.29, 1.82) is 0 Å². The Hall–Kier alpha value is -0.410. The second kappa shape index (κ2) is 9.16. The highest BCUT2D eigenvalue weighted by atomic mass is 16.1. The maximum atomic E-state index is 11.3. The fourth-order valence-electron chi connectivity index (χ4n) is 1.60. The van der Waals surface area contributed by atoms with Crippen LogP contribution in [0.15, 0.2) is 0 Å². The molecular formula is C11H24N2O. The van der Waals surface area contributed by atoms with Gasteiger partial charge in [-0.3, -0.25) is 4.79 Å². The van der Waals surface area contributed by atoms with Gasteiger partial charge in [0.15, 0.2) is 0 Å². The maximum Gasteiger partial charge on any atom is 0.132 e. The Bertz CT molecular complexity index is 138. The molecule has 14 heavy (non-hydrogen) atoms. The monoisotopic (exact) mass is 200 g/mol. The Morgan fingerprint density at radius 3 is 1.79 bits per heavy atom. The summed E-state index contributed by atoms with van der Waals surface area (Å²) in [6.45, 7) is 3.73. The minimum Gasteiger partial charge on any atom is -0.320 e. The second-order valence-corrected chi connectivity index (χ2v) is 3.80. The molecule has 0 aromatic heterocycles. The van der Waals surface area contributed by atoms with Gasteiger partial charge in [-0.05, 0) is 59.8 Å². The average Bonchev–Trinajstić information content (AvgIpc) is 2.15. The summed E-state index contributed by atoms with van der Waals surface area (Å²) in [5, 5.41) is 6.21. The van der Waals surface area contributed by atoms with E-state index in [1.807, 2.05) is 14.1 Å². The van der Waals surface area contributed by atoms with Crippen LogP contribution >= 0.6 is 0 Å². The van der Waals surface area contributed by atoms with Gasteiger partial charge in [-0.2, -0.15) is 0 Å². The van der Waals surface area contributed by atoms with Crippen molar-refractivity contribution in [2.45, 2.75) is 32.6 Å². The molecule has 0 heterocycles. The molecule has 2 N–H and O–H groups in total. The molecule has 0 fully saturated rings. The number of Topliss-reactive ketones (excluding diaryl/α,β-unsaturated/α-hetero) is 1. The van der Waals surface area contributed by atoms with E-state index in [1.54, 1.807) is 6.92 Å². The smallest absolute Gasteiger partial charge is 0.132 e. The number of ketones is 1. The fraction of sp³-hybridized carbons (Fsp3) is 0.909. The summed E-state index contributed by atoms with van der Waals surface area (Å²) < 4.78 is 0. The molecule has 0 atom stereocenters. The quantitative estimate of drug-likeness (QED) is 0.549. The van der Waals surface area contributed by atoms with Crippen LogP contribution in [0.25, 0.3) is 0 Å². The van der Waals surface area contributed by atoms with Gasteiger partial charge in [0.25, 0.3) is 0 Å². The van der Waals surface area contributed by atoms with Crippen LogP contribution in [-0.4, -0.2) is 33.0 Å². The van der Waals surface area contributed by atoms with E-state index >= 15 is 0 Å². The van der Waals surface area contributed by atoms with Gasteiger partial charge >= 0.3 is 0 Å². The summed E-state index contributed by atoms with van der Waals surface area (Å²) in [4.78, 5) is 11.3. The van der Waals surface area contributed by atoms with Gasteiger partial charge in [0, 0.05) is 5.92 Å². The largest absolute Gasteiger partial charge is 0.320 e. The van der Waals surface area contributed by atoms with Crippen molar-refractivity contribution in [3.05, 3.63) is 0 Å². The molecule has 84 valence electrons. The van der Waals surface area contributed by atoms with Crippen LogP contribution in [0.3, 0.4) is 0 Å². The van der Waals surface area contributed by atoms with Crippen LogP contribution in [0, 0.1) is 5.92 Å². The zero-order valence-electron chi connectivity index (χ0n) is 9.73. The van der Waals surface area contributed by atoms with E-state index < -0.39 is 0 Å². The van der Waals surface area contributed by atoms with E-state index in [1.165, 1.54) is 0 Å². The van der Waals surface area contributed by atoms with Crippen molar-refractivity contribution < 1.29 is 4.79 Å². The Labute approximate surface area is 87.6 Å². The van der Waals surface area contributed by atoms with Gasteiger partial charge in [-0.1, -0.05) is 0 Å². The fourth-order valence-corrected chi connectivity index (χ4v) is 1.60. The zero-order valence-corrected chi connectivity index (χ0v) is 9.73. The number of carbonyl (C=O) groups excluding carboxylic acids is 1. The van der Waals surface area contributed by atoms with E-state index in [0.717, 1.165) is 38.8 Å². The lowest BCUT2D eigenvalue weighted by Gasteiger charge is -2.13. The molecule has 0 radical (unpaired) electrons. The first-order valence-electron chi connectivity index (χ1n) is 5.52. The van der Waals surface area contributed by atoms with Crippen molar-refractivity contribution in [3.63, 3.8) is 0 Å². The van der Waals surface area contributed by atoms with Crippen LogP contribution in [0.2, 0.25) is 0 Å². The Kier molecular flexibility index (Phi) is 8.89. The highest BCUT2D eigenvalue weighted by Gasteiger charge is 2.12. The van der Waals surface area contributed by atoms with Crippen LogP contribution in [-0.2, 0) is 4.79 Å². The molecule has 0 amide bonds. The third-order valence-corrected chi connectivity index (χ3v) is 2.53. The predicted octanol–water partition coefficient (Wildman–Crippen LogP) is 1.19. The standard InChI is InChI=1S/C11H24N2O/c1-10(14)11(6-4-8-12-2)7-5-9-13-3/h11-13H,4-9H2,1-3H3.